The van der Waals surface area contributed by atoms with Gasteiger partial charge in [-0.15, -0.1) is 0 Å². The average molecular weight is 337 g/mol. The van der Waals surface area contributed by atoms with E-state index in [1.807, 2.05) is 4.90 Å². The van der Waals surface area contributed by atoms with Crippen molar-refractivity contribution in [3.63, 3.8) is 0 Å². The Morgan fingerprint density at radius 3 is 2.71 bits per heavy atom. The maximum Gasteiger partial charge on any atom is 0.230 e. The molecule has 0 spiro atoms. The molecule has 2 fully saturated rings. The van der Waals surface area contributed by atoms with E-state index in [2.05, 4.69) is 5.32 Å². The Labute approximate surface area is 138 Å². The van der Waals surface area contributed by atoms with Crippen LogP contribution in [0.1, 0.15) is 24.8 Å². The first-order chi connectivity index (χ1) is 11.5. The molecule has 1 aromatic rings. The Bertz CT molecular complexity index is 646. The van der Waals surface area contributed by atoms with Crippen LogP contribution in [0.5, 0.6) is 0 Å². The van der Waals surface area contributed by atoms with Gasteiger partial charge in [0.15, 0.2) is 0 Å². The lowest BCUT2D eigenvalue weighted by Gasteiger charge is -2.31. The first-order valence-corrected chi connectivity index (χ1v) is 8.08. The zero-order valence-electron chi connectivity index (χ0n) is 13.2. The topological polar surface area (TPSA) is 95.7 Å². The van der Waals surface area contributed by atoms with Gasteiger partial charge < -0.3 is 15.3 Å². The standard InChI is InChI=1S/C16H20FN3O4/c17-13-7-10(9-18-16(22)12-8-15(12)20(23)24)1-2-14(13)19-5-3-11(21)4-6-19/h1-2,7,11-12,15,21H,3-6,8-9H2,(H,18,22). The normalized spacial score (nSPS) is 23.8. The predicted octanol–water partition coefficient (Wildman–Crippen LogP) is 1.07. The quantitative estimate of drug-likeness (QED) is 0.619. The summed E-state index contributed by atoms with van der Waals surface area (Å²) < 4.78 is 14.3. The fraction of sp³-hybridized carbons (Fsp3) is 0.562. The summed E-state index contributed by atoms with van der Waals surface area (Å²) in [6, 6.07) is 4.00. The monoisotopic (exact) mass is 337 g/mol. The van der Waals surface area contributed by atoms with Crippen molar-refractivity contribution < 1.29 is 19.2 Å². The molecule has 2 atom stereocenters. The van der Waals surface area contributed by atoms with Gasteiger partial charge in [0.2, 0.25) is 11.9 Å². The van der Waals surface area contributed by atoms with Gasteiger partial charge in [-0.2, -0.15) is 0 Å². The van der Waals surface area contributed by atoms with Crippen LogP contribution in [0.4, 0.5) is 10.1 Å². The molecule has 8 heteroatoms. The van der Waals surface area contributed by atoms with E-state index in [0.29, 0.717) is 37.2 Å². The summed E-state index contributed by atoms with van der Waals surface area (Å²) in [5.74, 6) is -1.29. The summed E-state index contributed by atoms with van der Waals surface area (Å²) >= 11 is 0. The first kappa shape index (κ1) is 16.6. The SMILES string of the molecule is O=C(NCc1ccc(N2CCC(O)CC2)c(F)c1)C1CC1[N+](=O)[O-]. The Morgan fingerprint density at radius 1 is 1.42 bits per heavy atom. The molecule has 1 saturated heterocycles. The van der Waals surface area contributed by atoms with Crippen LogP contribution in [-0.4, -0.2) is 41.2 Å². The Kier molecular flexibility index (Phi) is 4.66. The highest BCUT2D eigenvalue weighted by Gasteiger charge is 2.53. The number of rotatable bonds is 5. The Balaban J connectivity index is 1.55. The van der Waals surface area contributed by atoms with E-state index in [4.69, 9.17) is 0 Å². The Morgan fingerprint density at radius 2 is 2.12 bits per heavy atom. The fourth-order valence-electron chi connectivity index (χ4n) is 3.04. The van der Waals surface area contributed by atoms with Crippen molar-refractivity contribution in [2.24, 2.45) is 5.92 Å². The van der Waals surface area contributed by atoms with Crippen LogP contribution in [-0.2, 0) is 11.3 Å². The number of amides is 1. The van der Waals surface area contributed by atoms with Crippen LogP contribution in [0, 0.1) is 21.8 Å². The third-order valence-corrected chi connectivity index (χ3v) is 4.65. The molecule has 0 radical (unpaired) electrons. The van der Waals surface area contributed by atoms with E-state index in [1.165, 1.54) is 6.07 Å². The van der Waals surface area contributed by atoms with E-state index in [-0.39, 0.29) is 30.8 Å². The minimum atomic E-state index is -0.779. The summed E-state index contributed by atoms with van der Waals surface area (Å²) in [4.78, 5) is 23.8. The third-order valence-electron chi connectivity index (χ3n) is 4.65. The lowest BCUT2D eigenvalue weighted by molar-refractivity contribution is -0.497. The number of nitrogens with zero attached hydrogens (tertiary/aromatic N) is 2. The molecule has 1 amide bonds. The number of piperidine rings is 1. The van der Waals surface area contributed by atoms with E-state index < -0.39 is 16.9 Å². The Hall–Kier alpha value is -2.22. The molecule has 1 saturated carbocycles. The number of aliphatic hydroxyl groups is 1. The molecule has 1 aliphatic carbocycles. The number of aliphatic hydroxyl groups excluding tert-OH is 1. The van der Waals surface area contributed by atoms with Gasteiger partial charge in [-0.1, -0.05) is 6.07 Å². The van der Waals surface area contributed by atoms with E-state index >= 15 is 0 Å². The molecule has 2 aliphatic rings. The number of halogens is 1. The highest BCUT2D eigenvalue weighted by molar-refractivity contribution is 5.81. The predicted molar refractivity (Wildman–Crippen MR) is 84.6 cm³/mol. The molecular formula is C16H20FN3O4. The van der Waals surface area contributed by atoms with E-state index in [1.54, 1.807) is 12.1 Å². The fourth-order valence-corrected chi connectivity index (χ4v) is 3.04. The summed E-state index contributed by atoms with van der Waals surface area (Å²) in [6.07, 6.45) is 1.20. The summed E-state index contributed by atoms with van der Waals surface area (Å²) in [5, 5.41) is 22.7. The van der Waals surface area contributed by atoms with Gasteiger partial charge in [-0.25, -0.2) is 4.39 Å². The van der Waals surface area contributed by atoms with Crippen molar-refractivity contribution in [2.75, 3.05) is 18.0 Å². The summed E-state index contributed by atoms with van der Waals surface area (Å²) in [7, 11) is 0. The van der Waals surface area contributed by atoms with Crippen molar-refractivity contribution in [3.05, 3.63) is 39.7 Å². The highest BCUT2D eigenvalue weighted by Crippen LogP contribution is 2.33. The van der Waals surface area contributed by atoms with Gasteiger partial charge in [0, 0.05) is 31.0 Å². The van der Waals surface area contributed by atoms with Gasteiger partial charge >= 0.3 is 0 Å². The number of hydrogen-bond donors (Lipinski definition) is 2. The highest BCUT2D eigenvalue weighted by atomic mass is 19.1. The van der Waals surface area contributed by atoms with Gasteiger partial charge in [0.05, 0.1) is 11.8 Å². The average Bonchev–Trinajstić information content (AvgIpc) is 3.35. The number of anilines is 1. The van der Waals surface area contributed by atoms with E-state index in [9.17, 15) is 24.4 Å². The molecule has 0 aromatic heterocycles. The molecular weight excluding hydrogens is 317 g/mol. The second kappa shape index (κ2) is 6.72. The molecule has 3 rings (SSSR count). The van der Waals surface area contributed by atoms with Crippen LogP contribution in [0.2, 0.25) is 0 Å². The minimum absolute atomic E-state index is 0.148. The number of nitrogens with one attached hydrogen (secondary N) is 1. The lowest BCUT2D eigenvalue weighted by Crippen LogP contribution is -2.36. The van der Waals surface area contributed by atoms with Gasteiger partial charge in [-0.05, 0) is 30.5 Å². The molecule has 7 nitrogen and oxygen atoms in total. The smallest absolute Gasteiger partial charge is 0.230 e. The molecule has 24 heavy (non-hydrogen) atoms. The number of benzene rings is 1. The molecule has 130 valence electrons. The molecule has 1 aromatic carbocycles. The second-order valence-electron chi connectivity index (χ2n) is 6.42. The summed E-state index contributed by atoms with van der Waals surface area (Å²) in [6.45, 7) is 1.37. The van der Waals surface area contributed by atoms with Crippen molar-refractivity contribution in [1.82, 2.24) is 5.32 Å². The summed E-state index contributed by atoms with van der Waals surface area (Å²) in [5.41, 5.74) is 1.10. The number of nitro groups is 1. The van der Waals surface area contributed by atoms with Crippen LogP contribution >= 0.6 is 0 Å². The number of hydrogen-bond acceptors (Lipinski definition) is 5. The second-order valence-corrected chi connectivity index (χ2v) is 6.42. The van der Waals surface area contributed by atoms with Crippen LogP contribution in [0.25, 0.3) is 0 Å². The number of carbonyl (C=O) groups excluding carboxylic acids is 1. The van der Waals surface area contributed by atoms with Crippen LogP contribution in [0.3, 0.4) is 0 Å². The zero-order chi connectivity index (χ0) is 17.3. The zero-order valence-corrected chi connectivity index (χ0v) is 13.2. The lowest BCUT2D eigenvalue weighted by atomic mass is 10.1. The minimum Gasteiger partial charge on any atom is -0.393 e. The largest absolute Gasteiger partial charge is 0.393 e. The van der Waals surface area contributed by atoms with Gasteiger partial charge in [0.1, 0.15) is 11.7 Å². The van der Waals surface area contributed by atoms with Crippen LogP contribution in [0.15, 0.2) is 18.2 Å². The molecule has 1 heterocycles. The van der Waals surface area contributed by atoms with Crippen molar-refractivity contribution in [3.8, 4) is 0 Å². The van der Waals surface area contributed by atoms with Gasteiger partial charge in [-0.3, -0.25) is 14.9 Å². The van der Waals surface area contributed by atoms with Crippen molar-refractivity contribution >= 4 is 11.6 Å². The molecule has 1 aliphatic heterocycles. The number of carbonyl (C=O) groups is 1. The van der Waals surface area contributed by atoms with Crippen molar-refractivity contribution in [2.45, 2.75) is 38.0 Å². The maximum atomic E-state index is 14.3. The van der Waals surface area contributed by atoms with Gasteiger partial charge in [0.25, 0.3) is 0 Å². The molecule has 2 N–H and O–H groups in total. The van der Waals surface area contributed by atoms with Crippen LogP contribution < -0.4 is 10.2 Å². The molecule has 0 bridgehead atoms. The molecule has 2 unspecified atom stereocenters. The van der Waals surface area contributed by atoms with Crippen molar-refractivity contribution in [1.29, 1.82) is 0 Å². The van der Waals surface area contributed by atoms with E-state index in [0.717, 1.165) is 0 Å². The maximum absolute atomic E-state index is 14.3. The first-order valence-electron chi connectivity index (χ1n) is 8.08. The third kappa shape index (κ3) is 3.64.